The van der Waals surface area contributed by atoms with Crippen LogP contribution < -0.4 is 10.9 Å². The summed E-state index contributed by atoms with van der Waals surface area (Å²) in [5.74, 6) is -2.79. The third-order valence-corrected chi connectivity index (χ3v) is 3.94. The van der Waals surface area contributed by atoms with Gasteiger partial charge >= 0.3 is 12.1 Å². The van der Waals surface area contributed by atoms with Gasteiger partial charge in [0.1, 0.15) is 0 Å². The molecule has 0 spiro atoms. The molecule has 3 N–H and O–H groups in total. The molecule has 1 aliphatic carbocycles. The Bertz CT molecular complexity index is 443. The summed E-state index contributed by atoms with van der Waals surface area (Å²) in [6.07, 6.45) is -5.06. The largest absolute Gasteiger partial charge is 0.481 e. The van der Waals surface area contributed by atoms with E-state index in [-0.39, 0.29) is 0 Å². The first kappa shape index (κ1) is 18.2. The van der Waals surface area contributed by atoms with E-state index in [0.29, 0.717) is 25.7 Å². The van der Waals surface area contributed by atoms with E-state index in [2.05, 4.69) is 5.43 Å². The molecule has 22 heavy (non-hydrogen) atoms. The monoisotopic (exact) mass is 324 g/mol. The van der Waals surface area contributed by atoms with Gasteiger partial charge in [-0.2, -0.15) is 13.2 Å². The van der Waals surface area contributed by atoms with E-state index in [4.69, 9.17) is 5.11 Å². The Labute approximate surface area is 125 Å². The molecule has 0 radical (unpaired) electrons. The van der Waals surface area contributed by atoms with Crippen LogP contribution in [0, 0.1) is 11.3 Å². The highest BCUT2D eigenvalue weighted by Crippen LogP contribution is 2.38. The lowest BCUT2D eigenvalue weighted by Gasteiger charge is -2.33. The summed E-state index contributed by atoms with van der Waals surface area (Å²) in [5.41, 5.74) is 3.18. The standard InChI is InChI=1S/C13H19F3N2O4/c1-12(11(21)22)5-2-8(3-6-12)10(20)18-17-9(19)4-7-13(14,15)16/h8H,2-7H2,1H3,(H,17,19)(H,18,20)(H,21,22)/t8-,12-. The zero-order valence-corrected chi connectivity index (χ0v) is 12.1. The van der Waals surface area contributed by atoms with Gasteiger partial charge in [0.25, 0.3) is 0 Å². The summed E-state index contributed by atoms with van der Waals surface area (Å²) in [6.45, 7) is 1.61. The topological polar surface area (TPSA) is 95.5 Å². The van der Waals surface area contributed by atoms with Gasteiger partial charge in [0, 0.05) is 12.3 Å². The van der Waals surface area contributed by atoms with Gasteiger partial charge < -0.3 is 5.11 Å². The average Bonchev–Trinajstić information content (AvgIpc) is 2.42. The van der Waals surface area contributed by atoms with Gasteiger partial charge in [0.05, 0.1) is 11.8 Å². The predicted octanol–water partition coefficient (Wildman–Crippen LogP) is 1.76. The molecule has 1 fully saturated rings. The fourth-order valence-corrected chi connectivity index (χ4v) is 2.28. The number of hydrogen-bond acceptors (Lipinski definition) is 3. The minimum Gasteiger partial charge on any atom is -0.481 e. The number of hydrogen-bond donors (Lipinski definition) is 3. The van der Waals surface area contributed by atoms with Gasteiger partial charge in [-0.1, -0.05) is 0 Å². The van der Waals surface area contributed by atoms with E-state index in [1.165, 1.54) is 0 Å². The highest BCUT2D eigenvalue weighted by molar-refractivity contribution is 5.83. The number of alkyl halides is 3. The molecule has 126 valence electrons. The van der Waals surface area contributed by atoms with Gasteiger partial charge in [-0.05, 0) is 32.6 Å². The first-order valence-electron chi connectivity index (χ1n) is 6.92. The maximum atomic E-state index is 11.9. The summed E-state index contributed by atoms with van der Waals surface area (Å²) >= 11 is 0. The number of hydrazine groups is 1. The maximum Gasteiger partial charge on any atom is 0.389 e. The van der Waals surface area contributed by atoms with Crippen LogP contribution in [0.3, 0.4) is 0 Å². The molecule has 6 nitrogen and oxygen atoms in total. The lowest BCUT2D eigenvalue weighted by atomic mass is 9.71. The van der Waals surface area contributed by atoms with Crippen LogP contribution in [0.2, 0.25) is 0 Å². The van der Waals surface area contributed by atoms with Crippen LogP contribution in [0.25, 0.3) is 0 Å². The number of rotatable bonds is 4. The Hall–Kier alpha value is -1.80. The second kappa shape index (κ2) is 6.97. The van der Waals surface area contributed by atoms with E-state index in [1.807, 2.05) is 5.43 Å². The SMILES string of the molecule is C[C@]1(C(=O)O)CC[C@H](C(=O)NNC(=O)CCC(F)(F)F)CC1. The van der Waals surface area contributed by atoms with Gasteiger partial charge in [-0.15, -0.1) is 0 Å². The molecular weight excluding hydrogens is 305 g/mol. The van der Waals surface area contributed by atoms with Crippen molar-refractivity contribution in [3.63, 3.8) is 0 Å². The summed E-state index contributed by atoms with van der Waals surface area (Å²) in [7, 11) is 0. The number of carboxylic acids is 1. The molecule has 0 saturated heterocycles. The molecule has 0 aliphatic heterocycles. The summed E-state index contributed by atoms with van der Waals surface area (Å²) < 4.78 is 35.8. The van der Waals surface area contributed by atoms with E-state index < -0.39 is 48.1 Å². The molecule has 0 unspecified atom stereocenters. The highest BCUT2D eigenvalue weighted by Gasteiger charge is 2.39. The van der Waals surface area contributed by atoms with E-state index in [9.17, 15) is 27.6 Å². The number of halogens is 3. The molecule has 1 rings (SSSR count). The summed E-state index contributed by atoms with van der Waals surface area (Å²) in [4.78, 5) is 34.0. The first-order valence-corrected chi connectivity index (χ1v) is 6.92. The number of carbonyl (C=O) groups excluding carboxylic acids is 2. The second-order valence-corrected chi connectivity index (χ2v) is 5.79. The van der Waals surface area contributed by atoms with Crippen molar-refractivity contribution in [1.29, 1.82) is 0 Å². The molecule has 0 aromatic rings. The number of carbonyl (C=O) groups is 3. The molecular formula is C13H19F3N2O4. The molecule has 0 heterocycles. The third kappa shape index (κ3) is 5.53. The zero-order valence-electron chi connectivity index (χ0n) is 12.1. The van der Waals surface area contributed by atoms with E-state index >= 15 is 0 Å². The van der Waals surface area contributed by atoms with Crippen molar-refractivity contribution in [2.24, 2.45) is 11.3 Å². The zero-order chi connectivity index (χ0) is 17.0. The van der Waals surface area contributed by atoms with Gasteiger partial charge in [0.2, 0.25) is 11.8 Å². The van der Waals surface area contributed by atoms with Crippen LogP contribution in [0.1, 0.15) is 45.4 Å². The second-order valence-electron chi connectivity index (χ2n) is 5.79. The normalized spacial score (nSPS) is 25.4. The summed E-state index contributed by atoms with van der Waals surface area (Å²) in [5, 5.41) is 9.07. The fourth-order valence-electron chi connectivity index (χ4n) is 2.28. The van der Waals surface area contributed by atoms with Crippen molar-refractivity contribution in [3.8, 4) is 0 Å². The smallest absolute Gasteiger partial charge is 0.389 e. The minimum absolute atomic E-state index is 0.336. The Morgan fingerprint density at radius 2 is 1.73 bits per heavy atom. The van der Waals surface area contributed by atoms with Crippen LogP contribution in [0.5, 0.6) is 0 Å². The number of aliphatic carboxylic acids is 1. The summed E-state index contributed by atoms with van der Waals surface area (Å²) in [6, 6.07) is 0. The quantitative estimate of drug-likeness (QED) is 0.687. The molecule has 0 aromatic carbocycles. The van der Waals surface area contributed by atoms with Crippen LogP contribution >= 0.6 is 0 Å². The Balaban J connectivity index is 2.33. The van der Waals surface area contributed by atoms with Crippen LogP contribution in [0.15, 0.2) is 0 Å². The molecule has 2 amide bonds. The highest BCUT2D eigenvalue weighted by atomic mass is 19.4. The predicted molar refractivity (Wildman–Crippen MR) is 69.3 cm³/mol. The molecule has 1 aliphatic rings. The molecule has 0 atom stereocenters. The minimum atomic E-state index is -4.42. The lowest BCUT2D eigenvalue weighted by molar-refractivity contribution is -0.151. The van der Waals surface area contributed by atoms with Crippen molar-refractivity contribution in [2.45, 2.75) is 51.6 Å². The molecule has 1 saturated carbocycles. The van der Waals surface area contributed by atoms with Crippen molar-refractivity contribution in [1.82, 2.24) is 10.9 Å². The van der Waals surface area contributed by atoms with Crippen LogP contribution in [-0.2, 0) is 14.4 Å². The Morgan fingerprint density at radius 1 is 1.18 bits per heavy atom. The number of amides is 2. The molecule has 0 bridgehead atoms. The van der Waals surface area contributed by atoms with E-state index in [0.717, 1.165) is 0 Å². The maximum absolute atomic E-state index is 11.9. The van der Waals surface area contributed by atoms with E-state index in [1.54, 1.807) is 6.92 Å². The van der Waals surface area contributed by atoms with Crippen molar-refractivity contribution in [3.05, 3.63) is 0 Å². The van der Waals surface area contributed by atoms with Crippen LogP contribution in [-0.4, -0.2) is 29.1 Å². The lowest BCUT2D eigenvalue weighted by Crippen LogP contribution is -2.46. The van der Waals surface area contributed by atoms with Gasteiger partial charge in [-0.25, -0.2) is 0 Å². The fraction of sp³-hybridized carbons (Fsp3) is 0.769. The molecule has 0 aromatic heterocycles. The third-order valence-electron chi connectivity index (χ3n) is 3.94. The first-order chi connectivity index (χ1) is 10.0. The van der Waals surface area contributed by atoms with Crippen LogP contribution in [0.4, 0.5) is 13.2 Å². The number of carboxylic acid groups (broad SMARTS) is 1. The number of nitrogens with one attached hydrogen (secondary N) is 2. The van der Waals surface area contributed by atoms with Gasteiger partial charge in [0.15, 0.2) is 0 Å². The Kier molecular flexibility index (Phi) is 5.78. The molecule has 9 heteroatoms. The van der Waals surface area contributed by atoms with Crippen molar-refractivity contribution >= 4 is 17.8 Å². The van der Waals surface area contributed by atoms with Crippen molar-refractivity contribution < 1.29 is 32.7 Å². The average molecular weight is 324 g/mol. The Morgan fingerprint density at radius 3 is 2.18 bits per heavy atom. The van der Waals surface area contributed by atoms with Crippen molar-refractivity contribution in [2.75, 3.05) is 0 Å². The van der Waals surface area contributed by atoms with Gasteiger partial charge in [-0.3, -0.25) is 25.2 Å².